The molecule has 2 N–H and O–H groups in total. The number of aromatic nitrogens is 2. The number of nitrogens with one attached hydrogen (secondary N) is 1. The van der Waals surface area contributed by atoms with E-state index in [0.29, 0.717) is 17.8 Å². The summed E-state index contributed by atoms with van der Waals surface area (Å²) >= 11 is 0. The molecule has 3 aromatic rings. The van der Waals surface area contributed by atoms with Crippen molar-refractivity contribution in [3.05, 3.63) is 71.2 Å². The minimum absolute atomic E-state index is 0.0994. The number of hydrogen-bond acceptors (Lipinski definition) is 4. The Kier molecular flexibility index (Phi) is 5.30. The van der Waals surface area contributed by atoms with Gasteiger partial charge in [-0.25, -0.2) is 4.39 Å². The summed E-state index contributed by atoms with van der Waals surface area (Å²) in [5, 5.41) is 18.5. The topological polar surface area (TPSA) is 76.4 Å². The molecule has 1 aliphatic carbocycles. The van der Waals surface area contributed by atoms with E-state index >= 15 is 0 Å². The maximum Gasteiger partial charge on any atom is 0.269 e. The molecule has 4 rings (SSSR count). The van der Waals surface area contributed by atoms with E-state index in [-0.39, 0.29) is 18.3 Å². The summed E-state index contributed by atoms with van der Waals surface area (Å²) in [5.74, 6) is 0.101. The number of carbonyl (C=O) groups excluding carboxylic acids is 1. The van der Waals surface area contributed by atoms with Crippen molar-refractivity contribution in [1.82, 2.24) is 15.1 Å². The molecule has 2 aromatic carbocycles. The van der Waals surface area contributed by atoms with Crippen LogP contribution in [0.1, 0.15) is 34.5 Å². The van der Waals surface area contributed by atoms with E-state index in [2.05, 4.69) is 10.4 Å². The smallest absolute Gasteiger partial charge is 0.269 e. The first kappa shape index (κ1) is 20.1. The van der Waals surface area contributed by atoms with Gasteiger partial charge in [-0.1, -0.05) is 6.07 Å². The summed E-state index contributed by atoms with van der Waals surface area (Å²) in [7, 11) is 3.30. The van der Waals surface area contributed by atoms with E-state index in [1.807, 2.05) is 18.2 Å². The normalized spacial score (nSPS) is 18.0. The predicted molar refractivity (Wildman–Crippen MR) is 111 cm³/mol. The summed E-state index contributed by atoms with van der Waals surface area (Å²) in [4.78, 5) is 12.8. The minimum atomic E-state index is -1.13. The van der Waals surface area contributed by atoms with Crippen molar-refractivity contribution in [2.45, 2.75) is 24.9 Å². The van der Waals surface area contributed by atoms with Crippen LogP contribution in [0.5, 0.6) is 5.75 Å². The van der Waals surface area contributed by atoms with Gasteiger partial charge in [0.15, 0.2) is 0 Å². The first-order valence-corrected chi connectivity index (χ1v) is 9.87. The number of amides is 1. The second-order valence-electron chi connectivity index (χ2n) is 7.64. The third kappa shape index (κ3) is 3.80. The molecule has 1 aromatic heterocycles. The van der Waals surface area contributed by atoms with Crippen molar-refractivity contribution >= 4 is 5.91 Å². The summed E-state index contributed by atoms with van der Waals surface area (Å²) in [6.45, 7) is 0.0994. The number of rotatable bonds is 5. The highest BCUT2D eigenvalue weighted by molar-refractivity contribution is 5.93. The molecular weight excluding hydrogens is 385 g/mol. The van der Waals surface area contributed by atoms with E-state index in [1.165, 1.54) is 16.8 Å². The molecular formula is C23H24FN3O3. The van der Waals surface area contributed by atoms with E-state index in [0.717, 1.165) is 35.3 Å². The van der Waals surface area contributed by atoms with Crippen LogP contribution in [-0.4, -0.2) is 34.4 Å². The number of carbonyl (C=O) groups is 1. The number of benzene rings is 2. The van der Waals surface area contributed by atoms with E-state index in [9.17, 15) is 14.3 Å². The van der Waals surface area contributed by atoms with Crippen LogP contribution in [0.25, 0.3) is 11.3 Å². The van der Waals surface area contributed by atoms with Crippen molar-refractivity contribution in [3.8, 4) is 17.0 Å². The zero-order valence-electron chi connectivity index (χ0n) is 17.0. The highest BCUT2D eigenvalue weighted by atomic mass is 19.1. The number of hydrogen-bond donors (Lipinski definition) is 2. The molecule has 0 radical (unpaired) electrons. The van der Waals surface area contributed by atoms with Gasteiger partial charge in [-0.3, -0.25) is 9.48 Å². The molecule has 1 heterocycles. The third-order valence-electron chi connectivity index (χ3n) is 5.64. The zero-order chi connectivity index (χ0) is 21.3. The Labute approximate surface area is 174 Å². The molecule has 0 bridgehead atoms. The number of aliphatic hydroxyl groups is 1. The molecule has 1 unspecified atom stereocenters. The fourth-order valence-electron chi connectivity index (χ4n) is 4.01. The number of ether oxygens (including phenoxy) is 1. The van der Waals surface area contributed by atoms with Crippen LogP contribution in [0.2, 0.25) is 0 Å². The first-order chi connectivity index (χ1) is 14.4. The van der Waals surface area contributed by atoms with Gasteiger partial charge in [-0.15, -0.1) is 0 Å². The molecule has 156 valence electrons. The van der Waals surface area contributed by atoms with Crippen LogP contribution < -0.4 is 10.1 Å². The van der Waals surface area contributed by atoms with Crippen LogP contribution in [0.4, 0.5) is 4.39 Å². The Hall–Kier alpha value is -3.19. The molecule has 0 aliphatic heterocycles. The monoisotopic (exact) mass is 409 g/mol. The van der Waals surface area contributed by atoms with Crippen LogP contribution in [-0.2, 0) is 19.1 Å². The number of methoxy groups -OCH3 is 1. The first-order valence-electron chi connectivity index (χ1n) is 9.87. The van der Waals surface area contributed by atoms with Crippen molar-refractivity contribution in [2.24, 2.45) is 7.05 Å². The number of fused-ring (bicyclic) bond motifs is 1. The molecule has 0 spiro atoms. The van der Waals surface area contributed by atoms with Crippen LogP contribution in [0.15, 0.2) is 48.5 Å². The standard InChI is InChI=1S/C23H24FN3O3/c1-27-21(13-20(26-27)15-5-7-17(24)8-6-15)22(28)25-14-23(29)11-3-4-16-12-18(30-2)9-10-19(16)23/h5-10,12-13,29H,3-4,11,14H2,1-2H3,(H,25,28). The largest absolute Gasteiger partial charge is 0.497 e. The summed E-state index contributed by atoms with van der Waals surface area (Å²) in [6.07, 6.45) is 2.26. The maximum atomic E-state index is 13.2. The fraction of sp³-hybridized carbons (Fsp3) is 0.304. The van der Waals surface area contributed by atoms with Crippen LogP contribution in [0.3, 0.4) is 0 Å². The van der Waals surface area contributed by atoms with Gasteiger partial charge in [0.1, 0.15) is 22.9 Å². The lowest BCUT2D eigenvalue weighted by atomic mass is 9.79. The van der Waals surface area contributed by atoms with Gasteiger partial charge >= 0.3 is 0 Å². The minimum Gasteiger partial charge on any atom is -0.497 e. The summed E-state index contributed by atoms with van der Waals surface area (Å²) < 4.78 is 19.9. The van der Waals surface area contributed by atoms with E-state index in [1.54, 1.807) is 32.4 Å². The Morgan fingerprint density at radius 1 is 1.27 bits per heavy atom. The predicted octanol–water partition coefficient (Wildman–Crippen LogP) is 3.19. The van der Waals surface area contributed by atoms with Crippen LogP contribution in [0, 0.1) is 5.82 Å². The van der Waals surface area contributed by atoms with Crippen molar-refractivity contribution in [1.29, 1.82) is 0 Å². The number of halogens is 1. The molecule has 30 heavy (non-hydrogen) atoms. The van der Waals surface area contributed by atoms with Gasteiger partial charge in [0.25, 0.3) is 5.91 Å². The number of aryl methyl sites for hydroxylation is 2. The lowest BCUT2D eigenvalue weighted by Gasteiger charge is -2.34. The Morgan fingerprint density at radius 2 is 2.03 bits per heavy atom. The molecule has 6 nitrogen and oxygen atoms in total. The second-order valence-corrected chi connectivity index (χ2v) is 7.64. The SMILES string of the molecule is COc1ccc2c(c1)CCCC2(O)CNC(=O)c1cc(-c2ccc(F)cc2)nn1C. The van der Waals surface area contributed by atoms with E-state index in [4.69, 9.17) is 4.74 Å². The molecule has 1 atom stereocenters. The van der Waals surface area contributed by atoms with Gasteiger partial charge in [0.05, 0.1) is 19.3 Å². The Balaban J connectivity index is 1.51. The molecule has 7 heteroatoms. The Bertz CT molecular complexity index is 1080. The summed E-state index contributed by atoms with van der Waals surface area (Å²) in [6, 6.07) is 13.3. The summed E-state index contributed by atoms with van der Waals surface area (Å²) in [5.41, 5.74) is 2.40. The number of nitrogens with zero attached hydrogens (tertiary/aromatic N) is 2. The fourth-order valence-corrected chi connectivity index (χ4v) is 4.01. The van der Waals surface area contributed by atoms with Crippen LogP contribution >= 0.6 is 0 Å². The second kappa shape index (κ2) is 7.91. The molecule has 0 saturated heterocycles. The lowest BCUT2D eigenvalue weighted by Crippen LogP contribution is -2.43. The highest BCUT2D eigenvalue weighted by Crippen LogP contribution is 2.36. The van der Waals surface area contributed by atoms with Crippen molar-refractivity contribution in [3.63, 3.8) is 0 Å². The quantitative estimate of drug-likeness (QED) is 0.679. The van der Waals surface area contributed by atoms with Crippen molar-refractivity contribution < 1.29 is 19.0 Å². The zero-order valence-corrected chi connectivity index (χ0v) is 17.0. The maximum absolute atomic E-state index is 13.2. The van der Waals surface area contributed by atoms with Gasteiger partial charge in [-0.05, 0) is 72.9 Å². The average molecular weight is 409 g/mol. The van der Waals surface area contributed by atoms with Gasteiger partial charge < -0.3 is 15.2 Å². The lowest BCUT2D eigenvalue weighted by molar-refractivity contribution is 0.0187. The van der Waals surface area contributed by atoms with Gasteiger partial charge in [0, 0.05) is 12.6 Å². The average Bonchev–Trinajstić information content (AvgIpc) is 3.14. The Morgan fingerprint density at radius 3 is 2.77 bits per heavy atom. The molecule has 1 amide bonds. The molecule has 0 saturated carbocycles. The molecule has 1 aliphatic rings. The highest BCUT2D eigenvalue weighted by Gasteiger charge is 2.35. The van der Waals surface area contributed by atoms with Crippen molar-refractivity contribution in [2.75, 3.05) is 13.7 Å². The van der Waals surface area contributed by atoms with Gasteiger partial charge in [0.2, 0.25) is 0 Å². The van der Waals surface area contributed by atoms with E-state index < -0.39 is 5.60 Å². The molecule has 0 fully saturated rings. The third-order valence-corrected chi connectivity index (χ3v) is 5.64. The van der Waals surface area contributed by atoms with Gasteiger partial charge in [-0.2, -0.15) is 5.10 Å².